The quantitative estimate of drug-likeness (QED) is 0.188. The number of hydrogen-bond acceptors (Lipinski definition) is 2. The van der Waals surface area contributed by atoms with Gasteiger partial charge in [-0.2, -0.15) is 0 Å². The molecule has 0 spiro atoms. The molecule has 0 aliphatic heterocycles. The molecule has 0 saturated heterocycles. The van der Waals surface area contributed by atoms with Gasteiger partial charge in [0, 0.05) is 0 Å². The molecule has 0 aliphatic rings. The van der Waals surface area contributed by atoms with Crippen LogP contribution in [0.15, 0.2) is 206 Å². The molecule has 0 aliphatic carbocycles. The predicted molar refractivity (Wildman–Crippen MR) is 198 cm³/mol. The van der Waals surface area contributed by atoms with E-state index < -0.39 is 27.3 Å². The van der Waals surface area contributed by atoms with E-state index in [-0.39, 0.29) is 21.1 Å². The standard InChI is InChI=1S/2C18H15P.C6H6O2.Pt/c2*1-4-10-16(11-5-1)19(17-12-6-2-7-13-17)18-14-8-3-9-15-18;7-5-3-1-2-4-6(5)8;/h2*1-15H;1-4,7-8H;/q;;;+2. The van der Waals surface area contributed by atoms with Crippen LogP contribution in [0.25, 0.3) is 0 Å². The van der Waals surface area contributed by atoms with Gasteiger partial charge in [-0.15, -0.1) is 11.5 Å². The van der Waals surface area contributed by atoms with E-state index in [2.05, 4.69) is 182 Å². The van der Waals surface area contributed by atoms with Crippen LogP contribution in [0.4, 0.5) is 0 Å². The van der Waals surface area contributed by atoms with Gasteiger partial charge >= 0.3 is 21.1 Å². The first-order valence-electron chi connectivity index (χ1n) is 15.2. The molecule has 2 nitrogen and oxygen atoms in total. The van der Waals surface area contributed by atoms with E-state index >= 15 is 0 Å². The summed E-state index contributed by atoms with van der Waals surface area (Å²) in [6, 6.07) is 70.6. The molecular weight excluding hydrogens is 793 g/mol. The minimum Gasteiger partial charge on any atom is -0.873 e. The van der Waals surface area contributed by atoms with Crippen LogP contribution in [-0.2, 0) is 21.1 Å². The largest absolute Gasteiger partial charge is 2.00 e. The Bertz CT molecular complexity index is 1520. The molecule has 0 unspecified atom stereocenters. The van der Waals surface area contributed by atoms with Crippen LogP contribution >= 0.6 is 15.8 Å². The van der Waals surface area contributed by atoms with Crippen molar-refractivity contribution in [2.24, 2.45) is 0 Å². The van der Waals surface area contributed by atoms with Gasteiger partial charge in [-0.3, -0.25) is 0 Å². The van der Waals surface area contributed by atoms with E-state index in [0.717, 1.165) is 0 Å². The van der Waals surface area contributed by atoms with Crippen LogP contribution in [0.5, 0.6) is 11.5 Å². The van der Waals surface area contributed by atoms with Crippen molar-refractivity contribution < 1.29 is 31.3 Å². The molecule has 0 amide bonds. The Morgan fingerprint density at radius 3 is 0.532 bits per heavy atom. The molecule has 0 radical (unpaired) electrons. The fourth-order valence-electron chi connectivity index (χ4n) is 5.08. The Morgan fingerprint density at radius 1 is 0.234 bits per heavy atom. The molecule has 5 heteroatoms. The summed E-state index contributed by atoms with van der Waals surface area (Å²) >= 11 is 0. The van der Waals surface area contributed by atoms with Crippen molar-refractivity contribution in [1.82, 2.24) is 0 Å². The van der Waals surface area contributed by atoms with Gasteiger partial charge in [0.05, 0.1) is 15.8 Å². The van der Waals surface area contributed by atoms with Gasteiger partial charge in [-0.25, -0.2) is 0 Å². The van der Waals surface area contributed by atoms with E-state index in [1.54, 1.807) is 12.1 Å². The summed E-state index contributed by atoms with van der Waals surface area (Å²) in [5.41, 5.74) is 0. The Balaban J connectivity index is 0.000000171. The summed E-state index contributed by atoms with van der Waals surface area (Å²) in [6.45, 7) is 0. The Kier molecular flexibility index (Phi) is 14.6. The monoisotopic (exact) mass is 829 g/mol. The van der Waals surface area contributed by atoms with Gasteiger partial charge in [0.1, 0.15) is 31.8 Å². The van der Waals surface area contributed by atoms with Crippen molar-refractivity contribution in [2.45, 2.75) is 0 Å². The Hall–Kier alpha value is -4.31. The maximum absolute atomic E-state index is 10.3. The molecule has 0 fully saturated rings. The molecular formula is C42H36O2P2Pt+2. The second-order valence-corrected chi connectivity index (χ2v) is 15.4. The maximum Gasteiger partial charge on any atom is 2.00 e. The number of rotatable bonds is 6. The van der Waals surface area contributed by atoms with Gasteiger partial charge in [0.25, 0.3) is 0 Å². The first-order valence-corrected chi connectivity index (χ1v) is 18.2. The zero-order valence-corrected chi connectivity index (χ0v) is 30.0. The normalized spacial score (nSPS) is 10.1. The number of para-hydroxylation sites is 2. The van der Waals surface area contributed by atoms with Gasteiger partial charge in [0.15, 0.2) is 0 Å². The van der Waals surface area contributed by atoms with Crippen LogP contribution in [0.2, 0.25) is 0 Å². The third-order valence-electron chi connectivity index (χ3n) is 7.22. The molecule has 0 atom stereocenters. The molecule has 7 rings (SSSR count). The molecule has 7 aromatic rings. The van der Waals surface area contributed by atoms with Gasteiger partial charge < -0.3 is 10.2 Å². The minimum atomic E-state index is -0.877. The Morgan fingerprint density at radius 2 is 0.383 bits per heavy atom. The molecule has 0 bridgehead atoms. The second kappa shape index (κ2) is 19.4. The molecule has 47 heavy (non-hydrogen) atoms. The molecule has 0 saturated carbocycles. The van der Waals surface area contributed by atoms with Crippen molar-refractivity contribution in [2.75, 3.05) is 0 Å². The van der Waals surface area contributed by atoms with Crippen LogP contribution in [0.1, 0.15) is 0 Å². The van der Waals surface area contributed by atoms with Crippen molar-refractivity contribution in [1.29, 1.82) is 0 Å². The average molecular weight is 830 g/mol. The van der Waals surface area contributed by atoms with Crippen molar-refractivity contribution >= 4 is 47.7 Å². The van der Waals surface area contributed by atoms with Gasteiger partial charge in [0.2, 0.25) is 0 Å². The van der Waals surface area contributed by atoms with E-state index in [0.29, 0.717) is 0 Å². The zero-order valence-electron chi connectivity index (χ0n) is 25.8. The van der Waals surface area contributed by atoms with Crippen LogP contribution in [0.3, 0.4) is 0 Å². The Labute approximate surface area is 295 Å². The summed E-state index contributed by atoms with van der Waals surface area (Å²) in [6.07, 6.45) is 0. The van der Waals surface area contributed by atoms with E-state index in [1.165, 1.54) is 44.0 Å². The third-order valence-corrected chi connectivity index (χ3v) is 12.7. The molecule has 234 valence electrons. The van der Waals surface area contributed by atoms with E-state index in [1.807, 2.05) is 0 Å². The van der Waals surface area contributed by atoms with Crippen LogP contribution in [0, 0.1) is 0 Å². The number of benzene rings is 7. The molecule has 0 heterocycles. The summed E-state index contributed by atoms with van der Waals surface area (Å²) in [5, 5.41) is 29.2. The predicted octanol–water partition coefficient (Wildman–Crippen LogP) is 6.19. The van der Waals surface area contributed by atoms with E-state index in [4.69, 9.17) is 0 Å². The maximum atomic E-state index is 10.3. The van der Waals surface area contributed by atoms with Crippen LogP contribution < -0.4 is 42.0 Å². The van der Waals surface area contributed by atoms with Crippen molar-refractivity contribution in [3.05, 3.63) is 206 Å². The summed E-state index contributed by atoms with van der Waals surface area (Å²) < 4.78 is 0. The first kappa shape index (κ1) is 35.5. The smallest absolute Gasteiger partial charge is 0.873 e. The first-order chi connectivity index (χ1) is 22.7. The fourth-order valence-corrected chi connectivity index (χ4v) is 10.2. The van der Waals surface area contributed by atoms with Crippen molar-refractivity contribution in [3.8, 4) is 11.5 Å². The molecule has 0 N–H and O–H groups in total. The van der Waals surface area contributed by atoms with E-state index in [9.17, 15) is 10.2 Å². The summed E-state index contributed by atoms with van der Waals surface area (Å²) in [5.74, 6) is -0.875. The summed E-state index contributed by atoms with van der Waals surface area (Å²) in [7, 11) is -1.75. The molecule has 7 aromatic carbocycles. The third kappa shape index (κ3) is 10.6. The van der Waals surface area contributed by atoms with Crippen molar-refractivity contribution in [3.63, 3.8) is 0 Å². The topological polar surface area (TPSA) is 46.1 Å². The molecule has 0 aromatic heterocycles. The fraction of sp³-hybridized carbons (Fsp3) is 0. The van der Waals surface area contributed by atoms with Gasteiger partial charge in [-0.1, -0.05) is 133 Å². The van der Waals surface area contributed by atoms with Crippen LogP contribution in [-0.4, -0.2) is 0 Å². The second-order valence-electron chi connectivity index (χ2n) is 10.4. The summed E-state index contributed by atoms with van der Waals surface area (Å²) in [4.78, 5) is 0. The SMILES string of the molecule is [O-]c1ccccc1[O-].[Pt+2].c1ccc([PH+](c2ccccc2)c2ccccc2)cc1.c1ccc([PH+](c2ccccc2)c2ccccc2)cc1. The average Bonchev–Trinajstić information content (AvgIpc) is 3.13. The number of hydrogen-bond donors (Lipinski definition) is 0. The minimum absolute atomic E-state index is 0. The van der Waals surface area contributed by atoms with Gasteiger partial charge in [-0.05, 0) is 72.8 Å². The zero-order chi connectivity index (χ0) is 31.8.